The maximum Gasteiger partial charge on any atom is 0.0686 e. The second kappa shape index (κ2) is 4.28. The summed E-state index contributed by atoms with van der Waals surface area (Å²) < 4.78 is 1.98. The summed E-state index contributed by atoms with van der Waals surface area (Å²) in [5.74, 6) is 0. The predicted molar refractivity (Wildman–Crippen MR) is 62.8 cm³/mol. The van der Waals surface area contributed by atoms with E-state index in [9.17, 15) is 0 Å². The molecule has 0 radical (unpaired) electrons. The number of benzene rings is 1. The van der Waals surface area contributed by atoms with Crippen LogP contribution in [0.25, 0.3) is 10.9 Å². The average Bonchev–Trinajstić information content (AvgIpc) is 2.62. The zero-order valence-corrected chi connectivity index (χ0v) is 8.90. The number of hydrogen-bond donors (Lipinski definition) is 1. The van der Waals surface area contributed by atoms with Crippen LogP contribution < -0.4 is 5.32 Å². The van der Waals surface area contributed by atoms with E-state index in [0.29, 0.717) is 0 Å². The van der Waals surface area contributed by atoms with Crippen molar-refractivity contribution in [3.8, 4) is 0 Å². The zero-order chi connectivity index (χ0) is 10.7. The van der Waals surface area contributed by atoms with E-state index >= 15 is 0 Å². The molecule has 0 aliphatic rings. The average molecular weight is 201 g/mol. The van der Waals surface area contributed by atoms with Crippen LogP contribution >= 0.6 is 0 Å². The van der Waals surface area contributed by atoms with Crippen molar-refractivity contribution in [2.24, 2.45) is 0 Å². The zero-order valence-electron chi connectivity index (χ0n) is 8.90. The quantitative estimate of drug-likeness (QED) is 0.765. The number of nitrogens with one attached hydrogen (secondary N) is 1. The van der Waals surface area contributed by atoms with Crippen molar-refractivity contribution in [3.63, 3.8) is 0 Å². The molecule has 0 amide bonds. The maximum absolute atomic E-state index is 4.35. The molecule has 15 heavy (non-hydrogen) atoms. The standard InChI is InChI=1S/C12H15N3/c1-10(7-13-2)9-15-12-6-4-3-5-11(12)8-14-15/h3-6,8,13H,1,7,9H2,2H3. The van der Waals surface area contributed by atoms with Gasteiger partial charge in [-0.3, -0.25) is 4.68 Å². The van der Waals surface area contributed by atoms with Crippen LogP contribution in [0.4, 0.5) is 0 Å². The van der Waals surface area contributed by atoms with Crippen LogP contribution in [0.3, 0.4) is 0 Å². The molecule has 1 N–H and O–H groups in total. The number of para-hydroxylation sites is 1. The molecule has 0 aliphatic heterocycles. The SMILES string of the molecule is C=C(CNC)Cn1ncc2ccccc21. The summed E-state index contributed by atoms with van der Waals surface area (Å²) >= 11 is 0. The molecular weight excluding hydrogens is 186 g/mol. The highest BCUT2D eigenvalue weighted by molar-refractivity contribution is 5.78. The Bertz CT molecular complexity index is 470. The molecule has 1 heterocycles. The highest BCUT2D eigenvalue weighted by atomic mass is 15.3. The molecule has 2 aromatic rings. The Morgan fingerprint density at radius 3 is 3.07 bits per heavy atom. The summed E-state index contributed by atoms with van der Waals surface area (Å²) in [4.78, 5) is 0. The summed E-state index contributed by atoms with van der Waals surface area (Å²) in [6, 6.07) is 8.20. The van der Waals surface area contributed by atoms with Crippen LogP contribution in [0.2, 0.25) is 0 Å². The first-order valence-corrected chi connectivity index (χ1v) is 5.03. The van der Waals surface area contributed by atoms with Gasteiger partial charge in [0.15, 0.2) is 0 Å². The number of hydrogen-bond acceptors (Lipinski definition) is 2. The van der Waals surface area contributed by atoms with Gasteiger partial charge in [0, 0.05) is 11.9 Å². The predicted octanol–water partition coefficient (Wildman–Crippen LogP) is 1.81. The molecule has 0 fully saturated rings. The number of rotatable bonds is 4. The molecule has 0 saturated heterocycles. The molecule has 0 bridgehead atoms. The molecule has 0 saturated carbocycles. The Morgan fingerprint density at radius 2 is 2.27 bits per heavy atom. The summed E-state index contributed by atoms with van der Waals surface area (Å²) in [5, 5.41) is 8.61. The van der Waals surface area contributed by atoms with Crippen molar-refractivity contribution in [1.82, 2.24) is 15.1 Å². The van der Waals surface area contributed by atoms with E-state index in [1.165, 1.54) is 5.39 Å². The Hall–Kier alpha value is -1.61. The lowest BCUT2D eigenvalue weighted by Gasteiger charge is -2.06. The topological polar surface area (TPSA) is 29.9 Å². The van der Waals surface area contributed by atoms with E-state index < -0.39 is 0 Å². The molecule has 0 aliphatic carbocycles. The van der Waals surface area contributed by atoms with E-state index in [2.05, 4.69) is 29.1 Å². The van der Waals surface area contributed by atoms with Crippen molar-refractivity contribution in [2.75, 3.05) is 13.6 Å². The fourth-order valence-corrected chi connectivity index (χ4v) is 1.67. The van der Waals surface area contributed by atoms with Gasteiger partial charge in [-0.25, -0.2) is 0 Å². The summed E-state index contributed by atoms with van der Waals surface area (Å²) in [6.45, 7) is 5.60. The number of aromatic nitrogens is 2. The first-order chi connectivity index (χ1) is 7.31. The minimum atomic E-state index is 0.772. The highest BCUT2D eigenvalue weighted by Gasteiger charge is 2.02. The van der Waals surface area contributed by atoms with Crippen LogP contribution in [0.5, 0.6) is 0 Å². The Labute approximate surface area is 89.4 Å². The van der Waals surface area contributed by atoms with Gasteiger partial charge in [-0.2, -0.15) is 5.10 Å². The maximum atomic E-state index is 4.35. The molecule has 78 valence electrons. The van der Waals surface area contributed by atoms with Gasteiger partial charge in [-0.1, -0.05) is 24.8 Å². The molecular formula is C12H15N3. The van der Waals surface area contributed by atoms with E-state index in [0.717, 1.165) is 24.2 Å². The third kappa shape index (κ3) is 2.07. The second-order valence-electron chi connectivity index (χ2n) is 3.64. The van der Waals surface area contributed by atoms with Gasteiger partial charge >= 0.3 is 0 Å². The first-order valence-electron chi connectivity index (χ1n) is 5.03. The lowest BCUT2D eigenvalue weighted by Crippen LogP contribution is -2.14. The minimum Gasteiger partial charge on any atom is -0.316 e. The lowest BCUT2D eigenvalue weighted by molar-refractivity contribution is 0.677. The van der Waals surface area contributed by atoms with Crippen molar-refractivity contribution < 1.29 is 0 Å². The van der Waals surface area contributed by atoms with Crippen LogP contribution in [0.15, 0.2) is 42.6 Å². The summed E-state index contributed by atoms with van der Waals surface area (Å²) in [5.41, 5.74) is 2.29. The largest absolute Gasteiger partial charge is 0.316 e. The normalized spacial score (nSPS) is 10.7. The third-order valence-electron chi connectivity index (χ3n) is 2.35. The van der Waals surface area contributed by atoms with E-state index in [4.69, 9.17) is 0 Å². The van der Waals surface area contributed by atoms with E-state index in [-0.39, 0.29) is 0 Å². The molecule has 2 rings (SSSR count). The molecule has 0 unspecified atom stereocenters. The van der Waals surface area contributed by atoms with Gasteiger partial charge in [-0.15, -0.1) is 0 Å². The molecule has 0 spiro atoms. The third-order valence-corrected chi connectivity index (χ3v) is 2.35. The summed E-state index contributed by atoms with van der Waals surface area (Å²) in [7, 11) is 1.92. The first kappa shape index (κ1) is 9.93. The van der Waals surface area contributed by atoms with Crippen molar-refractivity contribution in [1.29, 1.82) is 0 Å². The van der Waals surface area contributed by atoms with Crippen LogP contribution in [0.1, 0.15) is 0 Å². The fraction of sp³-hybridized carbons (Fsp3) is 0.250. The Morgan fingerprint density at radius 1 is 1.47 bits per heavy atom. The van der Waals surface area contributed by atoms with Crippen molar-refractivity contribution in [2.45, 2.75) is 6.54 Å². The van der Waals surface area contributed by atoms with Crippen LogP contribution in [-0.4, -0.2) is 23.4 Å². The van der Waals surface area contributed by atoms with E-state index in [1.807, 2.05) is 30.1 Å². The van der Waals surface area contributed by atoms with Gasteiger partial charge in [-0.05, 0) is 18.7 Å². The van der Waals surface area contributed by atoms with Crippen LogP contribution in [0, 0.1) is 0 Å². The number of likely N-dealkylation sites (N-methyl/N-ethyl adjacent to an activating group) is 1. The Balaban J connectivity index is 2.25. The smallest absolute Gasteiger partial charge is 0.0686 e. The second-order valence-corrected chi connectivity index (χ2v) is 3.64. The molecule has 1 aromatic heterocycles. The van der Waals surface area contributed by atoms with Crippen LogP contribution in [-0.2, 0) is 6.54 Å². The minimum absolute atomic E-state index is 0.772. The number of fused-ring (bicyclic) bond motifs is 1. The fourth-order valence-electron chi connectivity index (χ4n) is 1.67. The van der Waals surface area contributed by atoms with Crippen molar-refractivity contribution >= 4 is 10.9 Å². The van der Waals surface area contributed by atoms with Gasteiger partial charge in [0.1, 0.15) is 0 Å². The Kier molecular flexibility index (Phi) is 2.83. The highest BCUT2D eigenvalue weighted by Crippen LogP contribution is 2.13. The van der Waals surface area contributed by atoms with Gasteiger partial charge in [0.05, 0.1) is 18.3 Å². The van der Waals surface area contributed by atoms with Crippen molar-refractivity contribution in [3.05, 3.63) is 42.6 Å². The van der Waals surface area contributed by atoms with Gasteiger partial charge in [0.25, 0.3) is 0 Å². The molecule has 3 nitrogen and oxygen atoms in total. The van der Waals surface area contributed by atoms with E-state index in [1.54, 1.807) is 0 Å². The van der Waals surface area contributed by atoms with Gasteiger partial charge < -0.3 is 5.32 Å². The number of nitrogens with zero attached hydrogens (tertiary/aromatic N) is 2. The van der Waals surface area contributed by atoms with Gasteiger partial charge in [0.2, 0.25) is 0 Å². The molecule has 1 aromatic carbocycles. The summed E-state index contributed by atoms with van der Waals surface area (Å²) in [6.07, 6.45) is 1.89. The molecule has 3 heteroatoms. The monoisotopic (exact) mass is 201 g/mol. The molecule has 0 atom stereocenters. The lowest BCUT2D eigenvalue weighted by atomic mass is 10.2.